The number of nitrogens with zero attached hydrogens (tertiary/aromatic N) is 2. The summed E-state index contributed by atoms with van der Waals surface area (Å²) >= 11 is 0. The second-order valence-electron chi connectivity index (χ2n) is 4.80. The van der Waals surface area contributed by atoms with Crippen molar-refractivity contribution in [3.05, 3.63) is 23.4 Å². The van der Waals surface area contributed by atoms with Crippen molar-refractivity contribution in [1.29, 1.82) is 0 Å². The first kappa shape index (κ1) is 11.9. The van der Waals surface area contributed by atoms with Crippen molar-refractivity contribution in [2.75, 3.05) is 18.0 Å². The first-order chi connectivity index (χ1) is 8.09. The highest BCUT2D eigenvalue weighted by atomic mass is 16.4. The molecule has 0 saturated carbocycles. The van der Waals surface area contributed by atoms with E-state index >= 15 is 0 Å². The number of aromatic carboxylic acids is 1. The van der Waals surface area contributed by atoms with Gasteiger partial charge in [0.05, 0.1) is 0 Å². The number of carboxylic acid groups (broad SMARTS) is 1. The first-order valence-electron chi connectivity index (χ1n) is 6.03. The third kappa shape index (κ3) is 2.40. The van der Waals surface area contributed by atoms with E-state index in [2.05, 4.69) is 16.8 Å². The summed E-state index contributed by atoms with van der Waals surface area (Å²) in [6.07, 6.45) is 3.90. The van der Waals surface area contributed by atoms with Gasteiger partial charge in [-0.05, 0) is 37.3 Å². The van der Waals surface area contributed by atoms with E-state index in [1.165, 1.54) is 0 Å². The average molecular weight is 234 g/mol. The minimum atomic E-state index is -0.885. The van der Waals surface area contributed by atoms with Crippen LogP contribution in [-0.4, -0.2) is 29.1 Å². The predicted octanol–water partition coefficient (Wildman–Crippen LogP) is 2.32. The largest absolute Gasteiger partial charge is 0.478 e. The van der Waals surface area contributed by atoms with Crippen molar-refractivity contribution in [3.63, 3.8) is 0 Å². The molecule has 0 atom stereocenters. The van der Waals surface area contributed by atoms with Gasteiger partial charge < -0.3 is 10.0 Å². The van der Waals surface area contributed by atoms with Gasteiger partial charge in [0.25, 0.3) is 0 Å². The van der Waals surface area contributed by atoms with Crippen LogP contribution in [0.1, 0.15) is 35.7 Å². The van der Waals surface area contributed by atoms with Gasteiger partial charge in [-0.25, -0.2) is 9.78 Å². The third-order valence-corrected chi connectivity index (χ3v) is 3.44. The van der Waals surface area contributed by atoms with Crippen LogP contribution >= 0.6 is 0 Å². The lowest BCUT2D eigenvalue weighted by Crippen LogP contribution is -2.34. The summed E-state index contributed by atoms with van der Waals surface area (Å²) in [6, 6.07) is 1.75. The highest BCUT2D eigenvalue weighted by Gasteiger charge is 2.23. The van der Waals surface area contributed by atoms with Crippen molar-refractivity contribution < 1.29 is 9.90 Å². The summed E-state index contributed by atoms with van der Waals surface area (Å²) in [7, 11) is 0. The summed E-state index contributed by atoms with van der Waals surface area (Å²) < 4.78 is 0. The number of hydrogen-bond donors (Lipinski definition) is 1. The average Bonchev–Trinajstić information content (AvgIpc) is 2.29. The molecule has 1 fully saturated rings. The number of aryl methyl sites for hydroxylation is 1. The summed E-state index contributed by atoms with van der Waals surface area (Å²) in [5, 5.41) is 9.26. The van der Waals surface area contributed by atoms with E-state index in [9.17, 15) is 9.90 Å². The molecule has 0 radical (unpaired) electrons. The maximum absolute atomic E-state index is 11.3. The maximum Gasteiger partial charge on any atom is 0.339 e. The molecule has 0 bridgehead atoms. The Morgan fingerprint density at radius 3 is 2.71 bits per heavy atom. The van der Waals surface area contributed by atoms with Crippen LogP contribution < -0.4 is 4.90 Å². The van der Waals surface area contributed by atoms with Crippen LogP contribution in [0.25, 0.3) is 0 Å². The van der Waals surface area contributed by atoms with Gasteiger partial charge in [-0.1, -0.05) is 6.92 Å². The van der Waals surface area contributed by atoms with Crippen molar-refractivity contribution >= 4 is 11.8 Å². The van der Waals surface area contributed by atoms with Crippen molar-refractivity contribution in [1.82, 2.24) is 4.98 Å². The van der Waals surface area contributed by atoms with Gasteiger partial charge >= 0.3 is 5.97 Å². The molecule has 2 heterocycles. The quantitative estimate of drug-likeness (QED) is 0.853. The molecule has 1 aromatic rings. The molecule has 17 heavy (non-hydrogen) atoms. The third-order valence-electron chi connectivity index (χ3n) is 3.44. The SMILES string of the molecule is Cc1ccnc(N2CCC(C)CC2)c1C(=O)O. The molecule has 4 nitrogen and oxygen atoms in total. The Bertz CT molecular complexity index is 423. The lowest BCUT2D eigenvalue weighted by atomic mass is 9.98. The second-order valence-corrected chi connectivity index (χ2v) is 4.80. The molecular formula is C13H18N2O2. The zero-order chi connectivity index (χ0) is 12.4. The minimum absolute atomic E-state index is 0.349. The number of hydrogen-bond acceptors (Lipinski definition) is 3. The topological polar surface area (TPSA) is 53.4 Å². The standard InChI is InChI=1S/C13H18N2O2/c1-9-4-7-15(8-5-9)12-11(13(16)17)10(2)3-6-14-12/h3,6,9H,4-5,7-8H2,1-2H3,(H,16,17). The molecule has 0 aliphatic carbocycles. The molecule has 1 saturated heterocycles. The van der Waals surface area contributed by atoms with E-state index in [0.29, 0.717) is 11.4 Å². The highest BCUT2D eigenvalue weighted by Crippen LogP contribution is 2.25. The first-order valence-corrected chi connectivity index (χ1v) is 6.03. The van der Waals surface area contributed by atoms with Gasteiger partial charge in [-0.2, -0.15) is 0 Å². The van der Waals surface area contributed by atoms with Gasteiger partial charge in [-0.3, -0.25) is 0 Å². The molecule has 2 rings (SSSR count). The van der Waals surface area contributed by atoms with Crippen molar-refractivity contribution in [2.24, 2.45) is 5.92 Å². The van der Waals surface area contributed by atoms with E-state index < -0.39 is 5.97 Å². The Labute approximate surface area is 101 Å². The Balaban J connectivity index is 2.32. The fraction of sp³-hybridized carbons (Fsp3) is 0.538. The number of carbonyl (C=O) groups is 1. The highest BCUT2D eigenvalue weighted by molar-refractivity contribution is 5.94. The summed E-state index contributed by atoms with van der Waals surface area (Å²) in [6.45, 7) is 5.86. The Kier molecular flexibility index (Phi) is 3.31. The fourth-order valence-corrected chi connectivity index (χ4v) is 2.27. The van der Waals surface area contributed by atoms with Gasteiger partial charge in [0.15, 0.2) is 0 Å². The molecule has 92 valence electrons. The molecular weight excluding hydrogens is 216 g/mol. The monoisotopic (exact) mass is 234 g/mol. The van der Waals surface area contributed by atoms with Crippen LogP contribution in [0, 0.1) is 12.8 Å². The number of anilines is 1. The molecule has 0 aromatic carbocycles. The maximum atomic E-state index is 11.3. The number of aromatic nitrogens is 1. The summed E-state index contributed by atoms with van der Waals surface area (Å²) in [4.78, 5) is 17.6. The molecule has 1 N–H and O–H groups in total. The minimum Gasteiger partial charge on any atom is -0.478 e. The normalized spacial score (nSPS) is 17.2. The van der Waals surface area contributed by atoms with E-state index in [1.54, 1.807) is 12.3 Å². The smallest absolute Gasteiger partial charge is 0.339 e. The van der Waals surface area contributed by atoms with Crippen LogP contribution in [0.4, 0.5) is 5.82 Å². The summed E-state index contributed by atoms with van der Waals surface area (Å²) in [5.41, 5.74) is 1.13. The lowest BCUT2D eigenvalue weighted by Gasteiger charge is -2.32. The Hall–Kier alpha value is -1.58. The molecule has 0 unspecified atom stereocenters. The van der Waals surface area contributed by atoms with Crippen LogP contribution in [0.2, 0.25) is 0 Å². The van der Waals surface area contributed by atoms with Gasteiger partial charge in [-0.15, -0.1) is 0 Å². The van der Waals surface area contributed by atoms with E-state index in [1.807, 2.05) is 6.92 Å². The van der Waals surface area contributed by atoms with E-state index in [0.717, 1.165) is 37.4 Å². The molecule has 1 aliphatic heterocycles. The van der Waals surface area contributed by atoms with E-state index in [4.69, 9.17) is 0 Å². The molecule has 0 spiro atoms. The van der Waals surface area contributed by atoms with Gasteiger partial charge in [0.2, 0.25) is 0 Å². The zero-order valence-electron chi connectivity index (χ0n) is 10.3. The Morgan fingerprint density at radius 1 is 1.47 bits per heavy atom. The summed E-state index contributed by atoms with van der Waals surface area (Å²) in [5.74, 6) is 0.470. The van der Waals surface area contributed by atoms with Crippen LogP contribution in [0.15, 0.2) is 12.3 Å². The molecule has 1 aromatic heterocycles. The number of carboxylic acids is 1. The van der Waals surface area contributed by atoms with Gasteiger partial charge in [0.1, 0.15) is 11.4 Å². The van der Waals surface area contributed by atoms with Crippen LogP contribution in [0.5, 0.6) is 0 Å². The van der Waals surface area contributed by atoms with Crippen molar-refractivity contribution in [2.45, 2.75) is 26.7 Å². The zero-order valence-corrected chi connectivity index (χ0v) is 10.3. The van der Waals surface area contributed by atoms with Gasteiger partial charge in [0, 0.05) is 19.3 Å². The molecule has 1 aliphatic rings. The molecule has 0 amide bonds. The van der Waals surface area contributed by atoms with Crippen LogP contribution in [-0.2, 0) is 0 Å². The number of piperidine rings is 1. The van der Waals surface area contributed by atoms with Crippen LogP contribution in [0.3, 0.4) is 0 Å². The fourth-order valence-electron chi connectivity index (χ4n) is 2.27. The lowest BCUT2D eigenvalue weighted by molar-refractivity contribution is 0.0696. The van der Waals surface area contributed by atoms with E-state index in [-0.39, 0.29) is 0 Å². The Morgan fingerprint density at radius 2 is 2.12 bits per heavy atom. The predicted molar refractivity (Wildman–Crippen MR) is 66.5 cm³/mol. The molecule has 4 heteroatoms. The number of rotatable bonds is 2. The second kappa shape index (κ2) is 4.73. The van der Waals surface area contributed by atoms with Crippen molar-refractivity contribution in [3.8, 4) is 0 Å². The number of pyridine rings is 1.